The maximum absolute atomic E-state index is 15.2. The molecule has 2 fully saturated rings. The molecule has 0 aliphatic heterocycles. The molecule has 0 amide bonds. The second-order valence-electron chi connectivity index (χ2n) is 9.76. The van der Waals surface area contributed by atoms with Crippen molar-refractivity contribution in [3.63, 3.8) is 0 Å². The van der Waals surface area contributed by atoms with Crippen molar-refractivity contribution in [1.82, 2.24) is 0 Å². The van der Waals surface area contributed by atoms with Gasteiger partial charge in [-0.2, -0.15) is 0 Å². The molecule has 0 atom stereocenters. The predicted molar refractivity (Wildman–Crippen MR) is 118 cm³/mol. The molecule has 0 heterocycles. The first-order valence-electron chi connectivity index (χ1n) is 12.2. The molecule has 0 radical (unpaired) electrons. The molecule has 2 aliphatic rings. The number of rotatable bonds is 6. The van der Waals surface area contributed by atoms with E-state index in [0.29, 0.717) is 36.8 Å². The van der Waals surface area contributed by atoms with Gasteiger partial charge in [-0.15, -0.1) is 0 Å². The first-order valence-corrected chi connectivity index (χ1v) is 12.2. The summed E-state index contributed by atoms with van der Waals surface area (Å²) in [6.45, 7) is 2.24. The molecule has 0 spiro atoms. The van der Waals surface area contributed by atoms with Crippen LogP contribution >= 0.6 is 0 Å². The number of hydrogen-bond donors (Lipinski definition) is 0. The van der Waals surface area contributed by atoms with E-state index in [-0.39, 0.29) is 23.0 Å². The molecule has 4 rings (SSSR count). The van der Waals surface area contributed by atoms with E-state index in [1.54, 1.807) is 0 Å². The van der Waals surface area contributed by atoms with Gasteiger partial charge in [0.2, 0.25) is 0 Å². The monoisotopic (exact) mass is 466 g/mol. The summed E-state index contributed by atoms with van der Waals surface area (Å²) in [5.41, 5.74) is -0.0272. The molecule has 2 aromatic rings. The maximum atomic E-state index is 15.2. The second-order valence-corrected chi connectivity index (χ2v) is 9.76. The van der Waals surface area contributed by atoms with Gasteiger partial charge in [-0.1, -0.05) is 32.6 Å². The molecule has 2 aliphatic carbocycles. The van der Waals surface area contributed by atoms with Crippen molar-refractivity contribution >= 4 is 0 Å². The first-order chi connectivity index (χ1) is 15.9. The quantitative estimate of drug-likeness (QED) is 0.305. The van der Waals surface area contributed by atoms with Crippen LogP contribution in [0.25, 0.3) is 0 Å². The largest absolute Gasteiger partial charge is 0.454 e. The molecule has 180 valence electrons. The smallest absolute Gasteiger partial charge is 0.194 e. The highest BCUT2D eigenvalue weighted by Gasteiger charge is 2.33. The van der Waals surface area contributed by atoms with E-state index in [9.17, 15) is 17.6 Å². The summed E-state index contributed by atoms with van der Waals surface area (Å²) >= 11 is 0. The van der Waals surface area contributed by atoms with Crippen LogP contribution in [0.2, 0.25) is 0 Å². The van der Waals surface area contributed by atoms with Crippen LogP contribution in [0.15, 0.2) is 24.3 Å². The standard InChI is InChI=1S/C27H31F5O/c1-2-3-16-4-6-17(7-5-16)18-8-10-19(11-9-18)25-21(28)12-13-24(27(25)32)33-20-14-22(29)26(31)23(30)15-20/h12-19H,2-11H2,1H3. The number of halogens is 5. The Morgan fingerprint density at radius 1 is 0.727 bits per heavy atom. The Hall–Kier alpha value is -2.11. The average Bonchev–Trinajstić information content (AvgIpc) is 2.81. The van der Waals surface area contributed by atoms with Gasteiger partial charge >= 0.3 is 0 Å². The van der Waals surface area contributed by atoms with Gasteiger partial charge in [-0.25, -0.2) is 22.0 Å². The lowest BCUT2D eigenvalue weighted by Crippen LogP contribution is -2.26. The van der Waals surface area contributed by atoms with Crippen LogP contribution < -0.4 is 4.74 Å². The molecule has 2 saturated carbocycles. The lowest BCUT2D eigenvalue weighted by atomic mass is 9.68. The summed E-state index contributed by atoms with van der Waals surface area (Å²) in [6, 6.07) is 3.49. The van der Waals surface area contributed by atoms with E-state index < -0.39 is 29.1 Å². The maximum Gasteiger partial charge on any atom is 0.194 e. The van der Waals surface area contributed by atoms with Crippen LogP contribution in [0.1, 0.15) is 82.6 Å². The minimum atomic E-state index is -1.63. The fraction of sp³-hybridized carbons (Fsp3) is 0.556. The third-order valence-electron chi connectivity index (χ3n) is 7.71. The van der Waals surface area contributed by atoms with Crippen LogP contribution in [-0.2, 0) is 0 Å². The minimum Gasteiger partial charge on any atom is -0.454 e. The second kappa shape index (κ2) is 10.4. The van der Waals surface area contributed by atoms with Gasteiger partial charge < -0.3 is 4.74 Å². The van der Waals surface area contributed by atoms with Gasteiger partial charge in [0.1, 0.15) is 11.6 Å². The van der Waals surface area contributed by atoms with Crippen molar-refractivity contribution in [2.75, 3.05) is 0 Å². The highest BCUT2D eigenvalue weighted by Crippen LogP contribution is 2.46. The first kappa shape index (κ1) is 24.0. The van der Waals surface area contributed by atoms with Crippen molar-refractivity contribution < 1.29 is 26.7 Å². The number of benzene rings is 2. The van der Waals surface area contributed by atoms with Crippen molar-refractivity contribution in [3.8, 4) is 11.5 Å². The van der Waals surface area contributed by atoms with E-state index in [4.69, 9.17) is 4.74 Å². The van der Waals surface area contributed by atoms with E-state index in [2.05, 4.69) is 6.92 Å². The zero-order valence-electron chi connectivity index (χ0n) is 19.0. The molecule has 6 heteroatoms. The molecule has 2 aromatic carbocycles. The molecule has 0 N–H and O–H groups in total. The van der Waals surface area contributed by atoms with Crippen LogP contribution in [-0.4, -0.2) is 0 Å². The fourth-order valence-corrected chi connectivity index (χ4v) is 5.96. The topological polar surface area (TPSA) is 9.23 Å². The summed E-state index contributed by atoms with van der Waals surface area (Å²) in [7, 11) is 0. The van der Waals surface area contributed by atoms with Crippen molar-refractivity contribution in [2.24, 2.45) is 17.8 Å². The Kier molecular flexibility index (Phi) is 7.60. The lowest BCUT2D eigenvalue weighted by molar-refractivity contribution is 0.155. The number of ether oxygens (including phenoxy) is 1. The lowest BCUT2D eigenvalue weighted by Gasteiger charge is -2.38. The molecular formula is C27H31F5O. The zero-order valence-corrected chi connectivity index (χ0v) is 19.0. The van der Waals surface area contributed by atoms with Crippen molar-refractivity contribution in [2.45, 2.75) is 77.0 Å². The van der Waals surface area contributed by atoms with Gasteiger partial charge in [0.15, 0.2) is 29.0 Å². The molecule has 0 unspecified atom stereocenters. The van der Waals surface area contributed by atoms with Crippen molar-refractivity contribution in [1.29, 1.82) is 0 Å². The summed E-state index contributed by atoms with van der Waals surface area (Å²) < 4.78 is 75.3. The van der Waals surface area contributed by atoms with Crippen LogP contribution in [0.4, 0.5) is 22.0 Å². The summed E-state index contributed by atoms with van der Waals surface area (Å²) in [6.07, 6.45) is 11.0. The Balaban J connectivity index is 1.43. The molecule has 0 aromatic heterocycles. The van der Waals surface area contributed by atoms with E-state index in [0.717, 1.165) is 30.9 Å². The Bertz CT molecular complexity index is 936. The minimum absolute atomic E-state index is 0.0272. The van der Waals surface area contributed by atoms with E-state index in [1.165, 1.54) is 38.5 Å². The SMILES string of the molecule is CCCC1CCC(C2CCC(c3c(F)ccc(Oc4cc(F)c(F)c(F)c4)c3F)CC2)CC1. The number of hydrogen-bond acceptors (Lipinski definition) is 1. The van der Waals surface area contributed by atoms with E-state index in [1.807, 2.05) is 0 Å². The molecule has 0 bridgehead atoms. The predicted octanol–water partition coefficient (Wildman–Crippen LogP) is 9.05. The Morgan fingerprint density at radius 3 is 1.88 bits per heavy atom. The van der Waals surface area contributed by atoms with Crippen LogP contribution in [0, 0.1) is 46.8 Å². The molecule has 33 heavy (non-hydrogen) atoms. The zero-order chi connectivity index (χ0) is 23.5. The fourth-order valence-electron chi connectivity index (χ4n) is 5.96. The average molecular weight is 467 g/mol. The highest BCUT2D eigenvalue weighted by atomic mass is 19.2. The molecule has 0 saturated heterocycles. The highest BCUT2D eigenvalue weighted by molar-refractivity contribution is 5.38. The third-order valence-corrected chi connectivity index (χ3v) is 7.71. The Morgan fingerprint density at radius 2 is 1.30 bits per heavy atom. The normalized spacial score (nSPS) is 25.8. The molecular weight excluding hydrogens is 435 g/mol. The van der Waals surface area contributed by atoms with Gasteiger partial charge in [-0.05, 0) is 74.3 Å². The molecule has 1 nitrogen and oxygen atoms in total. The van der Waals surface area contributed by atoms with Gasteiger partial charge in [-0.3, -0.25) is 0 Å². The van der Waals surface area contributed by atoms with Crippen LogP contribution in [0.5, 0.6) is 11.5 Å². The van der Waals surface area contributed by atoms with Crippen LogP contribution in [0.3, 0.4) is 0 Å². The third kappa shape index (κ3) is 5.36. The van der Waals surface area contributed by atoms with Crippen molar-refractivity contribution in [3.05, 3.63) is 58.9 Å². The summed E-state index contributed by atoms with van der Waals surface area (Å²) in [5.74, 6) is -4.78. The van der Waals surface area contributed by atoms with Gasteiger partial charge in [0, 0.05) is 17.7 Å². The summed E-state index contributed by atoms with van der Waals surface area (Å²) in [5, 5.41) is 0. The van der Waals surface area contributed by atoms with Gasteiger partial charge in [0.05, 0.1) is 0 Å². The van der Waals surface area contributed by atoms with Gasteiger partial charge in [0.25, 0.3) is 0 Å². The summed E-state index contributed by atoms with van der Waals surface area (Å²) in [4.78, 5) is 0. The Labute approximate surface area is 192 Å². The van der Waals surface area contributed by atoms with E-state index >= 15 is 4.39 Å².